The van der Waals surface area contributed by atoms with Gasteiger partial charge in [-0.15, -0.1) is 0 Å². The average molecular weight is 365 g/mol. The number of rotatable bonds is 6. The summed E-state index contributed by atoms with van der Waals surface area (Å²) < 4.78 is 5.27. The molecule has 2 aromatic heterocycles. The van der Waals surface area contributed by atoms with Gasteiger partial charge in [-0.2, -0.15) is 0 Å². The van der Waals surface area contributed by atoms with Crippen LogP contribution in [-0.2, 0) is 6.42 Å². The van der Waals surface area contributed by atoms with Crippen LogP contribution in [0.2, 0.25) is 0 Å². The lowest BCUT2D eigenvalue weighted by molar-refractivity contribution is 0.0696. The molecule has 3 aromatic rings. The Balaban J connectivity index is 1.48. The highest BCUT2D eigenvalue weighted by Gasteiger charge is 2.28. The molecule has 0 spiro atoms. The molecule has 1 fully saturated rings. The second-order valence-electron chi connectivity index (χ2n) is 6.83. The zero-order valence-corrected chi connectivity index (χ0v) is 14.9. The van der Waals surface area contributed by atoms with Crippen molar-refractivity contribution in [1.82, 2.24) is 15.5 Å². The average Bonchev–Trinajstić information content (AvgIpc) is 3.45. The standard InChI is InChI=1S/C20H19N3O4/c1-11-17-15(10-16(13-6-7-13)22-19(17)27-23-11)18(24)21-9-8-12-2-4-14(5-3-12)20(25)26/h2-5,10,13H,6-9H2,1H3,(H,21,24)(H,25,26). The number of fused-ring (bicyclic) bond motifs is 1. The van der Waals surface area contributed by atoms with Crippen molar-refractivity contribution in [2.24, 2.45) is 0 Å². The van der Waals surface area contributed by atoms with Gasteiger partial charge in [0.2, 0.25) is 0 Å². The number of aromatic nitrogens is 2. The summed E-state index contributed by atoms with van der Waals surface area (Å²) in [6.45, 7) is 2.24. The molecule has 1 amide bonds. The van der Waals surface area contributed by atoms with Gasteiger partial charge in [0.1, 0.15) is 0 Å². The molecule has 4 rings (SSSR count). The highest BCUT2D eigenvalue weighted by atomic mass is 16.5. The molecule has 2 N–H and O–H groups in total. The lowest BCUT2D eigenvalue weighted by Crippen LogP contribution is -2.26. The van der Waals surface area contributed by atoms with Crippen molar-refractivity contribution in [2.45, 2.75) is 32.1 Å². The largest absolute Gasteiger partial charge is 0.478 e. The number of carbonyl (C=O) groups is 2. The molecule has 0 saturated heterocycles. The third kappa shape index (κ3) is 3.53. The SMILES string of the molecule is Cc1noc2nc(C3CC3)cc(C(=O)NCCc3ccc(C(=O)O)cc3)c12. The Hall–Kier alpha value is -3.22. The van der Waals surface area contributed by atoms with Gasteiger partial charge in [0.05, 0.1) is 22.2 Å². The van der Waals surface area contributed by atoms with Gasteiger partial charge in [-0.25, -0.2) is 9.78 Å². The number of pyridine rings is 1. The van der Waals surface area contributed by atoms with Crippen LogP contribution in [0.4, 0.5) is 0 Å². The first-order valence-corrected chi connectivity index (χ1v) is 8.90. The molecule has 0 radical (unpaired) electrons. The maximum absolute atomic E-state index is 12.8. The number of carboxylic acids is 1. The Morgan fingerprint density at radius 2 is 2.00 bits per heavy atom. The predicted molar refractivity (Wildman–Crippen MR) is 98.0 cm³/mol. The van der Waals surface area contributed by atoms with Gasteiger partial charge in [0.15, 0.2) is 0 Å². The fraction of sp³-hybridized carbons (Fsp3) is 0.300. The zero-order chi connectivity index (χ0) is 19.0. The molecule has 7 nitrogen and oxygen atoms in total. The highest BCUT2D eigenvalue weighted by molar-refractivity contribution is 6.06. The molecule has 2 heterocycles. The monoisotopic (exact) mass is 365 g/mol. The van der Waals surface area contributed by atoms with Gasteiger partial charge in [-0.1, -0.05) is 17.3 Å². The van der Waals surface area contributed by atoms with Gasteiger partial charge < -0.3 is 14.9 Å². The quantitative estimate of drug-likeness (QED) is 0.695. The predicted octanol–water partition coefficient (Wildman–Crippen LogP) is 3.08. The molecule has 1 aliphatic carbocycles. The zero-order valence-electron chi connectivity index (χ0n) is 14.9. The van der Waals surface area contributed by atoms with Crippen molar-refractivity contribution in [3.8, 4) is 0 Å². The summed E-state index contributed by atoms with van der Waals surface area (Å²) in [5.41, 5.74) is 3.69. The highest BCUT2D eigenvalue weighted by Crippen LogP contribution is 2.40. The van der Waals surface area contributed by atoms with Crippen molar-refractivity contribution in [1.29, 1.82) is 0 Å². The molecule has 27 heavy (non-hydrogen) atoms. The Morgan fingerprint density at radius 3 is 2.67 bits per heavy atom. The Labute approximate surface area is 155 Å². The number of hydrogen-bond donors (Lipinski definition) is 2. The fourth-order valence-electron chi connectivity index (χ4n) is 3.11. The fourth-order valence-corrected chi connectivity index (χ4v) is 3.11. The second kappa shape index (κ2) is 6.83. The summed E-state index contributed by atoms with van der Waals surface area (Å²) in [6, 6.07) is 8.50. The number of aromatic carboxylic acids is 1. The Morgan fingerprint density at radius 1 is 1.26 bits per heavy atom. The van der Waals surface area contributed by atoms with Gasteiger partial charge in [0, 0.05) is 18.2 Å². The smallest absolute Gasteiger partial charge is 0.335 e. The van der Waals surface area contributed by atoms with E-state index >= 15 is 0 Å². The molecule has 0 bridgehead atoms. The van der Waals surface area contributed by atoms with Crippen LogP contribution in [0.5, 0.6) is 0 Å². The minimum Gasteiger partial charge on any atom is -0.478 e. The van der Waals surface area contributed by atoms with E-state index in [4.69, 9.17) is 9.63 Å². The summed E-state index contributed by atoms with van der Waals surface area (Å²) in [5, 5.41) is 16.5. The van der Waals surface area contributed by atoms with Crippen LogP contribution < -0.4 is 5.32 Å². The first-order chi connectivity index (χ1) is 13.0. The summed E-state index contributed by atoms with van der Waals surface area (Å²) >= 11 is 0. The molecule has 1 saturated carbocycles. The number of nitrogens with one attached hydrogen (secondary N) is 1. The van der Waals surface area contributed by atoms with Gasteiger partial charge in [-0.3, -0.25) is 4.79 Å². The van der Waals surface area contributed by atoms with E-state index in [1.807, 2.05) is 6.07 Å². The van der Waals surface area contributed by atoms with E-state index in [1.165, 1.54) is 0 Å². The van der Waals surface area contributed by atoms with Crippen LogP contribution in [0, 0.1) is 6.92 Å². The van der Waals surface area contributed by atoms with Crippen molar-refractivity contribution in [2.75, 3.05) is 6.54 Å². The van der Waals surface area contributed by atoms with Gasteiger partial charge in [0.25, 0.3) is 11.6 Å². The van der Waals surface area contributed by atoms with Crippen LogP contribution in [0.3, 0.4) is 0 Å². The van der Waals surface area contributed by atoms with E-state index in [1.54, 1.807) is 31.2 Å². The molecular formula is C20H19N3O4. The van der Waals surface area contributed by atoms with Gasteiger partial charge in [-0.05, 0) is 49.9 Å². The Kier molecular flexibility index (Phi) is 4.35. The molecule has 0 aliphatic heterocycles. The van der Waals surface area contributed by atoms with Crippen molar-refractivity contribution < 1.29 is 19.2 Å². The third-order valence-corrected chi connectivity index (χ3v) is 4.78. The van der Waals surface area contributed by atoms with Crippen molar-refractivity contribution in [3.05, 3.63) is 58.4 Å². The molecule has 1 aromatic carbocycles. The van der Waals surface area contributed by atoms with Crippen LogP contribution in [0.15, 0.2) is 34.9 Å². The maximum Gasteiger partial charge on any atom is 0.335 e. The van der Waals surface area contributed by atoms with Crippen LogP contribution in [0.25, 0.3) is 11.1 Å². The van der Waals surface area contributed by atoms with Crippen LogP contribution >= 0.6 is 0 Å². The minimum absolute atomic E-state index is 0.183. The first kappa shape index (κ1) is 17.2. The minimum atomic E-state index is -0.952. The number of amides is 1. The van der Waals surface area contributed by atoms with E-state index in [9.17, 15) is 9.59 Å². The van der Waals surface area contributed by atoms with E-state index < -0.39 is 5.97 Å². The van der Waals surface area contributed by atoms with Crippen molar-refractivity contribution in [3.63, 3.8) is 0 Å². The summed E-state index contributed by atoms with van der Waals surface area (Å²) in [5.74, 6) is -0.732. The lowest BCUT2D eigenvalue weighted by Gasteiger charge is -2.08. The number of aryl methyl sites for hydroxylation is 1. The summed E-state index contributed by atoms with van der Waals surface area (Å²) in [7, 11) is 0. The van der Waals surface area contributed by atoms with Gasteiger partial charge >= 0.3 is 5.97 Å². The lowest BCUT2D eigenvalue weighted by atomic mass is 10.1. The topological polar surface area (TPSA) is 105 Å². The molecule has 1 aliphatic rings. The van der Waals surface area contributed by atoms with E-state index in [-0.39, 0.29) is 11.5 Å². The van der Waals surface area contributed by atoms with Crippen LogP contribution in [0.1, 0.15) is 56.4 Å². The Bertz CT molecular complexity index is 1020. The number of carbonyl (C=O) groups excluding carboxylic acids is 1. The molecular weight excluding hydrogens is 346 g/mol. The third-order valence-electron chi connectivity index (χ3n) is 4.78. The molecule has 7 heteroatoms. The van der Waals surface area contributed by atoms with Crippen LogP contribution in [-0.4, -0.2) is 33.7 Å². The maximum atomic E-state index is 12.8. The van der Waals surface area contributed by atoms with E-state index in [0.29, 0.717) is 41.2 Å². The number of benzene rings is 1. The molecule has 138 valence electrons. The van der Waals surface area contributed by atoms with E-state index in [0.717, 1.165) is 24.1 Å². The van der Waals surface area contributed by atoms with E-state index in [2.05, 4.69) is 15.5 Å². The summed E-state index contributed by atoms with van der Waals surface area (Å²) in [4.78, 5) is 28.1. The number of carboxylic acid groups (broad SMARTS) is 1. The normalized spacial score (nSPS) is 13.7. The molecule has 0 unspecified atom stereocenters. The summed E-state index contributed by atoms with van der Waals surface area (Å²) in [6.07, 6.45) is 2.77. The number of hydrogen-bond acceptors (Lipinski definition) is 5. The second-order valence-corrected chi connectivity index (χ2v) is 6.83. The number of nitrogens with zero attached hydrogens (tertiary/aromatic N) is 2. The molecule has 0 atom stereocenters. The first-order valence-electron chi connectivity index (χ1n) is 8.90. The van der Waals surface area contributed by atoms with Crippen molar-refractivity contribution >= 4 is 23.0 Å².